The summed E-state index contributed by atoms with van der Waals surface area (Å²) in [5.74, 6) is -0.435. The third-order valence-corrected chi connectivity index (χ3v) is 2.16. The van der Waals surface area contributed by atoms with E-state index in [2.05, 4.69) is 5.32 Å². The number of alkyl carbamates (subject to hydrolysis) is 1. The molecule has 1 N–H and O–H groups in total. The molecule has 0 spiro atoms. The Balaban J connectivity index is 2.27. The molecule has 1 aliphatic heterocycles. The Morgan fingerprint density at radius 1 is 1.50 bits per heavy atom. The minimum absolute atomic E-state index is 0.294. The molecule has 0 radical (unpaired) electrons. The SMILES string of the molecule is O=C1NCC(c2cc(F)cc(Cl)c2)O1. The number of benzene rings is 1. The predicted octanol–water partition coefficient (Wildman–Crippen LogP) is 2.26. The second-order valence-electron chi connectivity index (χ2n) is 2.98. The Hall–Kier alpha value is -1.29. The fourth-order valence-corrected chi connectivity index (χ4v) is 1.57. The Labute approximate surface area is 84.8 Å². The van der Waals surface area contributed by atoms with Gasteiger partial charge in [-0.15, -0.1) is 0 Å². The van der Waals surface area contributed by atoms with Gasteiger partial charge in [0.05, 0.1) is 6.54 Å². The molecule has 1 aromatic rings. The normalized spacial score (nSPS) is 20.4. The number of cyclic esters (lactones) is 1. The summed E-state index contributed by atoms with van der Waals surface area (Å²) in [4.78, 5) is 10.7. The molecule has 1 unspecified atom stereocenters. The van der Waals surface area contributed by atoms with E-state index in [1.165, 1.54) is 12.1 Å². The molecule has 1 saturated heterocycles. The summed E-state index contributed by atoms with van der Waals surface area (Å²) in [6.07, 6.45) is -0.939. The van der Waals surface area contributed by atoms with E-state index in [0.717, 1.165) is 0 Å². The molecular formula is C9H7ClFNO2. The highest BCUT2D eigenvalue weighted by Crippen LogP contribution is 2.24. The van der Waals surface area contributed by atoms with Gasteiger partial charge in [0, 0.05) is 5.02 Å². The van der Waals surface area contributed by atoms with E-state index in [1.807, 2.05) is 0 Å². The van der Waals surface area contributed by atoms with Crippen LogP contribution >= 0.6 is 11.6 Å². The minimum Gasteiger partial charge on any atom is -0.439 e. The summed E-state index contributed by atoms with van der Waals surface area (Å²) >= 11 is 5.66. The summed E-state index contributed by atoms with van der Waals surface area (Å²) in [7, 11) is 0. The van der Waals surface area contributed by atoms with Gasteiger partial charge in [-0.05, 0) is 23.8 Å². The third-order valence-electron chi connectivity index (χ3n) is 1.94. The van der Waals surface area contributed by atoms with Crippen LogP contribution < -0.4 is 5.32 Å². The second-order valence-corrected chi connectivity index (χ2v) is 3.41. The molecule has 5 heteroatoms. The van der Waals surface area contributed by atoms with Crippen molar-refractivity contribution in [3.05, 3.63) is 34.6 Å². The van der Waals surface area contributed by atoms with Gasteiger partial charge < -0.3 is 10.1 Å². The lowest BCUT2D eigenvalue weighted by atomic mass is 10.1. The van der Waals surface area contributed by atoms with Crippen LogP contribution in [-0.4, -0.2) is 12.6 Å². The van der Waals surface area contributed by atoms with Crippen molar-refractivity contribution in [3.63, 3.8) is 0 Å². The van der Waals surface area contributed by atoms with Gasteiger partial charge in [-0.3, -0.25) is 0 Å². The average Bonchev–Trinajstić information content (AvgIpc) is 2.50. The predicted molar refractivity (Wildman–Crippen MR) is 48.6 cm³/mol. The van der Waals surface area contributed by atoms with E-state index >= 15 is 0 Å². The number of amides is 1. The van der Waals surface area contributed by atoms with Crippen LogP contribution in [0.15, 0.2) is 18.2 Å². The number of halogens is 2. The van der Waals surface area contributed by atoms with Crippen LogP contribution in [0.5, 0.6) is 0 Å². The Morgan fingerprint density at radius 3 is 2.86 bits per heavy atom. The number of nitrogens with one attached hydrogen (secondary N) is 1. The standard InChI is InChI=1S/C9H7ClFNO2/c10-6-1-5(2-7(11)3-6)8-4-12-9(13)14-8/h1-3,8H,4H2,(H,12,13). The molecule has 74 valence electrons. The maximum absolute atomic E-state index is 12.9. The van der Waals surface area contributed by atoms with Crippen molar-refractivity contribution in [1.82, 2.24) is 5.32 Å². The summed E-state index contributed by atoms with van der Waals surface area (Å²) in [5.41, 5.74) is 0.563. The van der Waals surface area contributed by atoms with E-state index in [1.54, 1.807) is 6.07 Å². The van der Waals surface area contributed by atoms with Gasteiger partial charge in [0.2, 0.25) is 0 Å². The van der Waals surface area contributed by atoms with Gasteiger partial charge in [-0.1, -0.05) is 11.6 Å². The smallest absolute Gasteiger partial charge is 0.407 e. The fraction of sp³-hybridized carbons (Fsp3) is 0.222. The van der Waals surface area contributed by atoms with Gasteiger partial charge in [-0.2, -0.15) is 0 Å². The van der Waals surface area contributed by atoms with Crippen LogP contribution in [0.25, 0.3) is 0 Å². The molecule has 3 nitrogen and oxygen atoms in total. The Kier molecular flexibility index (Phi) is 2.29. The van der Waals surface area contributed by atoms with Crippen molar-refractivity contribution in [2.75, 3.05) is 6.54 Å². The molecule has 0 bridgehead atoms. The van der Waals surface area contributed by atoms with Gasteiger partial charge >= 0.3 is 6.09 Å². The molecule has 1 fully saturated rings. The number of hydrogen-bond acceptors (Lipinski definition) is 2. The Bertz CT molecular complexity index is 363. The van der Waals surface area contributed by atoms with E-state index < -0.39 is 18.0 Å². The average molecular weight is 216 g/mol. The lowest BCUT2D eigenvalue weighted by Gasteiger charge is -2.08. The van der Waals surface area contributed by atoms with E-state index in [9.17, 15) is 9.18 Å². The van der Waals surface area contributed by atoms with Crippen molar-refractivity contribution in [2.24, 2.45) is 0 Å². The number of hydrogen-bond donors (Lipinski definition) is 1. The topological polar surface area (TPSA) is 38.3 Å². The number of ether oxygens (including phenoxy) is 1. The molecule has 14 heavy (non-hydrogen) atoms. The second kappa shape index (κ2) is 3.46. The first-order chi connectivity index (χ1) is 6.65. The maximum atomic E-state index is 12.9. The fourth-order valence-electron chi connectivity index (χ4n) is 1.34. The van der Waals surface area contributed by atoms with Crippen molar-refractivity contribution in [3.8, 4) is 0 Å². The molecule has 0 saturated carbocycles. The highest BCUT2D eigenvalue weighted by Gasteiger charge is 2.24. The van der Waals surface area contributed by atoms with Gasteiger partial charge in [0.1, 0.15) is 11.9 Å². The number of carbonyl (C=O) groups is 1. The molecule has 1 heterocycles. The lowest BCUT2D eigenvalue weighted by molar-refractivity contribution is 0.141. The number of rotatable bonds is 1. The number of carbonyl (C=O) groups excluding carboxylic acids is 1. The first-order valence-corrected chi connectivity index (χ1v) is 4.43. The lowest BCUT2D eigenvalue weighted by Crippen LogP contribution is -2.12. The zero-order valence-electron chi connectivity index (χ0n) is 7.09. The van der Waals surface area contributed by atoms with Crippen molar-refractivity contribution < 1.29 is 13.9 Å². The molecule has 0 aromatic heterocycles. The van der Waals surface area contributed by atoms with Crippen LogP contribution in [0, 0.1) is 5.82 Å². The maximum Gasteiger partial charge on any atom is 0.407 e. The minimum atomic E-state index is -0.490. The van der Waals surface area contributed by atoms with E-state index in [0.29, 0.717) is 17.1 Å². The highest BCUT2D eigenvalue weighted by molar-refractivity contribution is 6.30. The molecule has 1 atom stereocenters. The molecular weight excluding hydrogens is 209 g/mol. The summed E-state index contributed by atoms with van der Waals surface area (Å²) in [6.45, 7) is 0.346. The molecule has 1 aliphatic rings. The third kappa shape index (κ3) is 1.80. The first kappa shape index (κ1) is 9.27. The van der Waals surface area contributed by atoms with Gasteiger partial charge in [0.25, 0.3) is 0 Å². The monoisotopic (exact) mass is 215 g/mol. The van der Waals surface area contributed by atoms with Crippen molar-refractivity contribution in [2.45, 2.75) is 6.10 Å². The van der Waals surface area contributed by atoms with Crippen LogP contribution in [0.3, 0.4) is 0 Å². The van der Waals surface area contributed by atoms with Crippen molar-refractivity contribution >= 4 is 17.7 Å². The van der Waals surface area contributed by atoms with Crippen LogP contribution in [0.2, 0.25) is 5.02 Å². The zero-order valence-corrected chi connectivity index (χ0v) is 7.84. The summed E-state index contributed by atoms with van der Waals surface area (Å²) in [6, 6.07) is 4.08. The van der Waals surface area contributed by atoms with E-state index in [-0.39, 0.29) is 0 Å². The van der Waals surface area contributed by atoms with Crippen LogP contribution in [0.4, 0.5) is 9.18 Å². The summed E-state index contributed by atoms with van der Waals surface area (Å²) in [5, 5.41) is 2.77. The quantitative estimate of drug-likeness (QED) is 0.781. The van der Waals surface area contributed by atoms with Crippen LogP contribution in [-0.2, 0) is 4.74 Å². The molecule has 0 aliphatic carbocycles. The highest BCUT2D eigenvalue weighted by atomic mass is 35.5. The van der Waals surface area contributed by atoms with Crippen LogP contribution in [0.1, 0.15) is 11.7 Å². The molecule has 1 aromatic carbocycles. The molecule has 2 rings (SSSR count). The van der Waals surface area contributed by atoms with Crippen molar-refractivity contribution in [1.29, 1.82) is 0 Å². The largest absolute Gasteiger partial charge is 0.439 e. The zero-order chi connectivity index (χ0) is 10.1. The van der Waals surface area contributed by atoms with E-state index in [4.69, 9.17) is 16.3 Å². The molecule has 1 amide bonds. The Morgan fingerprint density at radius 2 is 2.29 bits per heavy atom. The summed E-state index contributed by atoms with van der Waals surface area (Å²) < 4.78 is 17.8. The van der Waals surface area contributed by atoms with Gasteiger partial charge in [0.15, 0.2) is 0 Å². The van der Waals surface area contributed by atoms with Gasteiger partial charge in [-0.25, -0.2) is 9.18 Å². The first-order valence-electron chi connectivity index (χ1n) is 4.05.